The second-order valence-corrected chi connectivity index (χ2v) is 2.55. The monoisotopic (exact) mass is 114 g/mol. The van der Waals surface area contributed by atoms with Crippen molar-refractivity contribution in [1.29, 1.82) is 0 Å². The number of rotatable bonds is 0. The maximum absolute atomic E-state index is 4.03. The molecular formula is C5H8NS+. The van der Waals surface area contributed by atoms with Crippen LogP contribution in [0.4, 0.5) is 0 Å². The SMILES string of the molecule is Cc1ncsc1C.[H+]. The summed E-state index contributed by atoms with van der Waals surface area (Å²) in [5.41, 5.74) is 3.02. The Bertz CT molecular complexity index is 145. The van der Waals surface area contributed by atoms with Crippen molar-refractivity contribution in [2.45, 2.75) is 13.8 Å². The van der Waals surface area contributed by atoms with E-state index in [2.05, 4.69) is 11.9 Å². The zero-order valence-corrected chi connectivity index (χ0v) is 5.25. The predicted octanol–water partition coefficient (Wildman–Crippen LogP) is 1.87. The van der Waals surface area contributed by atoms with E-state index in [4.69, 9.17) is 0 Å². The molecule has 0 spiro atoms. The molecule has 1 rings (SSSR count). The van der Waals surface area contributed by atoms with Crippen molar-refractivity contribution in [3.63, 3.8) is 0 Å². The molecule has 0 aliphatic carbocycles. The fraction of sp³-hybridized carbons (Fsp3) is 0.400. The lowest BCUT2D eigenvalue weighted by Crippen LogP contribution is -1.68. The van der Waals surface area contributed by atoms with Crippen molar-refractivity contribution in [3.05, 3.63) is 16.1 Å². The molecule has 0 radical (unpaired) electrons. The number of hydrogen-bond donors (Lipinski definition) is 0. The summed E-state index contributed by atoms with van der Waals surface area (Å²) in [5, 5.41) is 0. The summed E-state index contributed by atoms with van der Waals surface area (Å²) >= 11 is 1.69. The number of thiazole rings is 1. The highest BCUT2D eigenvalue weighted by atomic mass is 32.1. The van der Waals surface area contributed by atoms with Crippen molar-refractivity contribution in [2.24, 2.45) is 0 Å². The van der Waals surface area contributed by atoms with Gasteiger partial charge >= 0.3 is 1.43 Å². The van der Waals surface area contributed by atoms with Gasteiger partial charge in [-0.25, -0.2) is 4.98 Å². The van der Waals surface area contributed by atoms with Crippen molar-refractivity contribution >= 4 is 11.3 Å². The van der Waals surface area contributed by atoms with E-state index in [0.717, 1.165) is 5.69 Å². The molecule has 38 valence electrons. The van der Waals surface area contributed by atoms with Crippen LogP contribution in [-0.4, -0.2) is 4.98 Å². The molecule has 0 N–H and O–H groups in total. The van der Waals surface area contributed by atoms with Crippen LogP contribution in [0, 0.1) is 13.8 Å². The van der Waals surface area contributed by atoms with Gasteiger partial charge in [-0.15, -0.1) is 11.3 Å². The van der Waals surface area contributed by atoms with E-state index < -0.39 is 0 Å². The van der Waals surface area contributed by atoms with Crippen LogP contribution in [0.5, 0.6) is 0 Å². The molecule has 0 fully saturated rings. The molecule has 7 heavy (non-hydrogen) atoms. The molecule has 0 unspecified atom stereocenters. The maximum Gasteiger partial charge on any atom is 1.00 e. The topological polar surface area (TPSA) is 12.9 Å². The van der Waals surface area contributed by atoms with Crippen LogP contribution in [0.3, 0.4) is 0 Å². The maximum atomic E-state index is 4.03. The Balaban J connectivity index is 0.000000490. The van der Waals surface area contributed by atoms with Crippen LogP contribution in [0.2, 0.25) is 0 Å². The van der Waals surface area contributed by atoms with E-state index in [-0.39, 0.29) is 1.43 Å². The van der Waals surface area contributed by atoms with Gasteiger partial charge in [0.05, 0.1) is 11.2 Å². The molecule has 1 aromatic rings. The summed E-state index contributed by atoms with van der Waals surface area (Å²) in [6.45, 7) is 4.10. The molecule has 1 heterocycles. The predicted molar refractivity (Wildman–Crippen MR) is 32.7 cm³/mol. The zero-order valence-electron chi connectivity index (χ0n) is 5.43. The second-order valence-electron chi connectivity index (χ2n) is 1.49. The number of hydrogen-bond acceptors (Lipinski definition) is 2. The first-order valence-electron chi connectivity index (χ1n) is 2.17. The quantitative estimate of drug-likeness (QED) is 0.501. The van der Waals surface area contributed by atoms with Crippen LogP contribution in [0.15, 0.2) is 5.51 Å². The van der Waals surface area contributed by atoms with Gasteiger partial charge in [0, 0.05) is 4.88 Å². The lowest BCUT2D eigenvalue weighted by atomic mass is 10.4. The minimum absolute atomic E-state index is 0. The number of nitrogens with zero attached hydrogens (tertiary/aromatic N) is 1. The summed E-state index contributed by atoms with van der Waals surface area (Å²) < 4.78 is 0. The average Bonchev–Trinajstić information content (AvgIpc) is 1.91. The van der Waals surface area contributed by atoms with Crippen molar-refractivity contribution < 1.29 is 1.43 Å². The summed E-state index contributed by atoms with van der Waals surface area (Å²) in [5.74, 6) is 0. The Morgan fingerprint density at radius 2 is 2.43 bits per heavy atom. The Kier molecular flexibility index (Phi) is 1.11. The number of aryl methyl sites for hydroxylation is 2. The summed E-state index contributed by atoms with van der Waals surface area (Å²) in [6, 6.07) is 0. The number of aromatic nitrogens is 1. The lowest BCUT2D eigenvalue weighted by Gasteiger charge is -1.77. The molecule has 0 aliphatic heterocycles. The molecule has 0 saturated heterocycles. The third-order valence-electron chi connectivity index (χ3n) is 0.985. The molecule has 1 aromatic heterocycles. The minimum atomic E-state index is 0. The summed E-state index contributed by atoms with van der Waals surface area (Å²) in [6.07, 6.45) is 0. The normalized spacial score (nSPS) is 9.43. The highest BCUT2D eigenvalue weighted by molar-refractivity contribution is 7.09. The highest BCUT2D eigenvalue weighted by Gasteiger charge is 1.88. The first-order chi connectivity index (χ1) is 3.30. The van der Waals surface area contributed by atoms with Crippen LogP contribution in [0.25, 0.3) is 0 Å². The van der Waals surface area contributed by atoms with Crippen molar-refractivity contribution in [1.82, 2.24) is 4.98 Å². The molecule has 0 atom stereocenters. The van der Waals surface area contributed by atoms with Gasteiger partial charge in [0.2, 0.25) is 0 Å². The first kappa shape index (κ1) is 4.78. The fourth-order valence-electron chi connectivity index (χ4n) is 0.361. The van der Waals surface area contributed by atoms with Gasteiger partial charge in [0.25, 0.3) is 0 Å². The van der Waals surface area contributed by atoms with Crippen LogP contribution >= 0.6 is 11.3 Å². The van der Waals surface area contributed by atoms with E-state index in [1.165, 1.54) is 4.88 Å². The van der Waals surface area contributed by atoms with Crippen molar-refractivity contribution in [2.75, 3.05) is 0 Å². The average molecular weight is 114 g/mol. The Morgan fingerprint density at radius 3 is 2.57 bits per heavy atom. The molecule has 0 aromatic carbocycles. The van der Waals surface area contributed by atoms with Crippen LogP contribution in [0.1, 0.15) is 12.0 Å². The third kappa shape index (κ3) is 0.800. The van der Waals surface area contributed by atoms with E-state index in [0.29, 0.717) is 0 Å². The summed E-state index contributed by atoms with van der Waals surface area (Å²) in [4.78, 5) is 5.35. The van der Waals surface area contributed by atoms with E-state index in [1.807, 2.05) is 12.4 Å². The van der Waals surface area contributed by atoms with Gasteiger partial charge < -0.3 is 0 Å². The lowest BCUT2D eigenvalue weighted by molar-refractivity contribution is 1.23. The largest absolute Gasteiger partial charge is 1.00 e. The molecule has 2 heteroatoms. The van der Waals surface area contributed by atoms with E-state index in [1.54, 1.807) is 11.3 Å². The molecule has 0 aliphatic rings. The van der Waals surface area contributed by atoms with E-state index in [9.17, 15) is 0 Å². The van der Waals surface area contributed by atoms with Crippen LogP contribution in [-0.2, 0) is 0 Å². The highest BCUT2D eigenvalue weighted by Crippen LogP contribution is 2.07. The molecular weight excluding hydrogens is 106 g/mol. The van der Waals surface area contributed by atoms with Gasteiger partial charge in [-0.05, 0) is 13.8 Å². The Morgan fingerprint density at radius 1 is 1.71 bits per heavy atom. The van der Waals surface area contributed by atoms with Crippen LogP contribution < -0.4 is 0 Å². The Labute approximate surface area is 48.5 Å². The second kappa shape index (κ2) is 1.62. The summed E-state index contributed by atoms with van der Waals surface area (Å²) in [7, 11) is 0. The van der Waals surface area contributed by atoms with Crippen molar-refractivity contribution in [3.8, 4) is 0 Å². The zero-order chi connectivity index (χ0) is 5.28. The van der Waals surface area contributed by atoms with Gasteiger partial charge in [-0.1, -0.05) is 0 Å². The standard InChI is InChI=1S/C5H7NS/c1-4-5(2)7-3-6-4/h3H,1-2H3/p+1. The molecule has 0 amide bonds. The Hall–Kier alpha value is -0.370. The van der Waals surface area contributed by atoms with Gasteiger partial charge in [0.1, 0.15) is 0 Å². The van der Waals surface area contributed by atoms with Gasteiger partial charge in [-0.2, -0.15) is 0 Å². The molecule has 1 nitrogen and oxygen atoms in total. The third-order valence-corrected chi connectivity index (χ3v) is 1.85. The van der Waals surface area contributed by atoms with Gasteiger partial charge in [-0.3, -0.25) is 0 Å². The van der Waals surface area contributed by atoms with Gasteiger partial charge in [0.15, 0.2) is 0 Å². The minimum Gasteiger partial charge on any atom is -0.250 e. The smallest absolute Gasteiger partial charge is 0.250 e. The fourth-order valence-corrected chi connectivity index (χ4v) is 0.953. The molecule has 0 saturated carbocycles. The molecule has 0 bridgehead atoms. The first-order valence-corrected chi connectivity index (χ1v) is 3.05. The van der Waals surface area contributed by atoms with E-state index >= 15 is 0 Å².